The molecule has 0 bridgehead atoms. The van der Waals surface area contributed by atoms with Crippen molar-refractivity contribution in [3.05, 3.63) is 22.9 Å². The number of ether oxygens (including phenoxy) is 1. The van der Waals surface area contributed by atoms with Crippen molar-refractivity contribution >= 4 is 17.0 Å². The molecule has 20 heavy (non-hydrogen) atoms. The van der Waals surface area contributed by atoms with Crippen LogP contribution in [0.1, 0.15) is 27.7 Å². The topological polar surface area (TPSA) is 92.8 Å². The molecule has 0 aliphatic heterocycles. The Bertz CT molecular complexity index is 650. The average Bonchev–Trinajstić information content (AvgIpc) is 2.36. The summed E-state index contributed by atoms with van der Waals surface area (Å²) >= 11 is 0. The van der Waals surface area contributed by atoms with Crippen LogP contribution in [0, 0.1) is 0 Å². The number of fused-ring (bicyclic) bond motifs is 1. The van der Waals surface area contributed by atoms with Gasteiger partial charge in [0.15, 0.2) is 11.2 Å². The first-order chi connectivity index (χ1) is 9.37. The molecule has 7 nitrogen and oxygen atoms in total. The van der Waals surface area contributed by atoms with Gasteiger partial charge in [-0.3, -0.25) is 4.79 Å². The molecule has 108 valence electrons. The van der Waals surface area contributed by atoms with Gasteiger partial charge in [-0.25, -0.2) is 15.0 Å². The average molecular weight is 277 g/mol. The van der Waals surface area contributed by atoms with E-state index in [1.807, 2.05) is 27.7 Å². The molecule has 0 aliphatic rings. The Labute approximate surface area is 116 Å². The van der Waals surface area contributed by atoms with Crippen molar-refractivity contribution in [2.75, 3.05) is 11.9 Å². The molecule has 0 aromatic carbocycles. The maximum atomic E-state index is 11.6. The van der Waals surface area contributed by atoms with E-state index in [0.29, 0.717) is 18.0 Å². The molecule has 0 atom stereocenters. The summed E-state index contributed by atoms with van der Waals surface area (Å²) in [5.41, 5.74) is -0.0903. The molecule has 2 heterocycles. The standard InChI is InChI=1S/C13H19N5O2/c1-8(2)20-13(3,4)6-15-9-5-14-11-10(18-9)12(19)17-7-16-11/h5,7-8H,6H2,1-4H3,(H,15,18)(H,14,16,17,19). The summed E-state index contributed by atoms with van der Waals surface area (Å²) in [4.78, 5) is 26.4. The molecule has 2 rings (SSSR count). The van der Waals surface area contributed by atoms with Crippen molar-refractivity contribution in [2.24, 2.45) is 0 Å². The second-order valence-electron chi connectivity index (χ2n) is 5.44. The van der Waals surface area contributed by atoms with E-state index in [-0.39, 0.29) is 22.8 Å². The van der Waals surface area contributed by atoms with Crippen molar-refractivity contribution in [1.82, 2.24) is 19.9 Å². The fourth-order valence-electron chi connectivity index (χ4n) is 1.92. The van der Waals surface area contributed by atoms with E-state index in [9.17, 15) is 4.79 Å². The monoisotopic (exact) mass is 277 g/mol. The predicted octanol–water partition coefficient (Wildman–Crippen LogP) is 1.33. The summed E-state index contributed by atoms with van der Waals surface area (Å²) < 4.78 is 5.78. The third kappa shape index (κ3) is 3.51. The van der Waals surface area contributed by atoms with Crippen LogP contribution in [0.4, 0.5) is 5.82 Å². The number of hydrogen-bond donors (Lipinski definition) is 2. The van der Waals surface area contributed by atoms with Crippen LogP contribution in [0.3, 0.4) is 0 Å². The maximum Gasteiger partial charge on any atom is 0.278 e. The first-order valence-corrected chi connectivity index (χ1v) is 6.49. The fraction of sp³-hybridized carbons (Fsp3) is 0.538. The minimum atomic E-state index is -0.341. The predicted molar refractivity (Wildman–Crippen MR) is 76.7 cm³/mol. The summed E-state index contributed by atoms with van der Waals surface area (Å²) in [7, 11) is 0. The first kappa shape index (κ1) is 14.4. The van der Waals surface area contributed by atoms with E-state index < -0.39 is 0 Å². The second kappa shape index (κ2) is 5.54. The van der Waals surface area contributed by atoms with Gasteiger partial charge in [0, 0.05) is 6.54 Å². The number of aromatic nitrogens is 4. The Hall–Kier alpha value is -2.02. The molecule has 0 aliphatic carbocycles. The van der Waals surface area contributed by atoms with Gasteiger partial charge in [-0.1, -0.05) is 0 Å². The van der Waals surface area contributed by atoms with Gasteiger partial charge < -0.3 is 15.0 Å². The lowest BCUT2D eigenvalue weighted by Crippen LogP contribution is -2.36. The van der Waals surface area contributed by atoms with Gasteiger partial charge in [-0.2, -0.15) is 0 Å². The zero-order valence-electron chi connectivity index (χ0n) is 12.1. The van der Waals surface area contributed by atoms with Crippen molar-refractivity contribution in [3.8, 4) is 0 Å². The summed E-state index contributed by atoms with van der Waals surface area (Å²) in [6, 6.07) is 0. The number of nitrogens with zero attached hydrogens (tertiary/aromatic N) is 3. The third-order valence-corrected chi connectivity index (χ3v) is 2.60. The van der Waals surface area contributed by atoms with E-state index in [2.05, 4.69) is 25.3 Å². The van der Waals surface area contributed by atoms with Crippen LogP contribution in [-0.4, -0.2) is 38.2 Å². The van der Waals surface area contributed by atoms with Crippen LogP contribution >= 0.6 is 0 Å². The van der Waals surface area contributed by atoms with Gasteiger partial charge in [0.05, 0.1) is 24.2 Å². The van der Waals surface area contributed by atoms with Crippen molar-refractivity contribution in [3.63, 3.8) is 0 Å². The van der Waals surface area contributed by atoms with Gasteiger partial charge in [-0.05, 0) is 27.7 Å². The van der Waals surface area contributed by atoms with Crippen molar-refractivity contribution in [1.29, 1.82) is 0 Å². The summed E-state index contributed by atoms with van der Waals surface area (Å²) in [6.07, 6.45) is 3.01. The largest absolute Gasteiger partial charge is 0.371 e. The molecule has 0 spiro atoms. The van der Waals surface area contributed by atoms with Crippen LogP contribution in [-0.2, 0) is 4.74 Å². The highest BCUT2D eigenvalue weighted by Crippen LogP contribution is 2.14. The lowest BCUT2D eigenvalue weighted by molar-refractivity contribution is -0.0462. The van der Waals surface area contributed by atoms with Crippen molar-refractivity contribution in [2.45, 2.75) is 39.4 Å². The molecule has 0 unspecified atom stereocenters. The Morgan fingerprint density at radius 1 is 1.40 bits per heavy atom. The zero-order chi connectivity index (χ0) is 14.8. The van der Waals surface area contributed by atoms with Crippen LogP contribution in [0.25, 0.3) is 11.2 Å². The molecule has 0 saturated carbocycles. The van der Waals surface area contributed by atoms with Gasteiger partial charge in [-0.15, -0.1) is 0 Å². The van der Waals surface area contributed by atoms with Gasteiger partial charge in [0.2, 0.25) is 0 Å². The van der Waals surface area contributed by atoms with E-state index >= 15 is 0 Å². The fourth-order valence-corrected chi connectivity index (χ4v) is 1.92. The summed E-state index contributed by atoms with van der Waals surface area (Å²) in [6.45, 7) is 8.51. The van der Waals surface area contributed by atoms with E-state index in [1.165, 1.54) is 6.33 Å². The van der Waals surface area contributed by atoms with E-state index in [1.54, 1.807) is 6.20 Å². The van der Waals surface area contributed by atoms with Crippen LogP contribution in [0.15, 0.2) is 17.3 Å². The quantitative estimate of drug-likeness (QED) is 0.856. The van der Waals surface area contributed by atoms with Gasteiger partial charge >= 0.3 is 0 Å². The van der Waals surface area contributed by atoms with Crippen LogP contribution in [0.5, 0.6) is 0 Å². The number of H-pyrrole nitrogens is 1. The van der Waals surface area contributed by atoms with Crippen molar-refractivity contribution < 1.29 is 4.74 Å². The lowest BCUT2D eigenvalue weighted by atomic mass is 10.1. The molecule has 0 amide bonds. The number of nitrogens with one attached hydrogen (secondary N) is 2. The molecular formula is C13H19N5O2. The van der Waals surface area contributed by atoms with E-state index in [4.69, 9.17) is 4.74 Å². The minimum Gasteiger partial charge on any atom is -0.371 e. The Morgan fingerprint density at radius 2 is 2.15 bits per heavy atom. The number of rotatable bonds is 5. The summed E-state index contributed by atoms with van der Waals surface area (Å²) in [5.74, 6) is 0.524. The molecule has 0 fully saturated rings. The Kier molecular flexibility index (Phi) is 3.99. The molecule has 7 heteroatoms. The minimum absolute atomic E-state index is 0.140. The molecule has 2 N–H and O–H groups in total. The Morgan fingerprint density at radius 3 is 2.85 bits per heavy atom. The highest BCUT2D eigenvalue weighted by atomic mass is 16.5. The summed E-state index contributed by atoms with van der Waals surface area (Å²) in [5, 5.41) is 3.13. The van der Waals surface area contributed by atoms with Gasteiger partial charge in [0.25, 0.3) is 5.56 Å². The number of anilines is 1. The van der Waals surface area contributed by atoms with E-state index in [0.717, 1.165) is 0 Å². The normalized spacial score (nSPS) is 12.1. The highest BCUT2D eigenvalue weighted by Gasteiger charge is 2.20. The zero-order valence-corrected chi connectivity index (χ0v) is 12.1. The number of hydrogen-bond acceptors (Lipinski definition) is 6. The maximum absolute atomic E-state index is 11.6. The highest BCUT2D eigenvalue weighted by molar-refractivity contribution is 5.69. The van der Waals surface area contributed by atoms with Gasteiger partial charge in [0.1, 0.15) is 5.82 Å². The smallest absolute Gasteiger partial charge is 0.278 e. The van der Waals surface area contributed by atoms with Crippen LogP contribution < -0.4 is 10.9 Å². The number of aromatic amines is 1. The van der Waals surface area contributed by atoms with Crippen LogP contribution in [0.2, 0.25) is 0 Å². The molecule has 0 saturated heterocycles. The molecule has 2 aromatic rings. The molecule has 2 aromatic heterocycles. The molecule has 0 radical (unpaired) electrons. The Balaban J connectivity index is 2.14. The SMILES string of the molecule is CC(C)OC(C)(C)CNc1cnc2nc[nH]c(=O)c2n1. The first-order valence-electron chi connectivity index (χ1n) is 6.49. The lowest BCUT2D eigenvalue weighted by Gasteiger charge is -2.28. The molecular weight excluding hydrogens is 258 g/mol. The third-order valence-electron chi connectivity index (χ3n) is 2.60. The second-order valence-corrected chi connectivity index (χ2v) is 5.44.